The molecule has 0 bridgehead atoms. The summed E-state index contributed by atoms with van der Waals surface area (Å²) in [5.41, 5.74) is 0. The molecule has 0 fully saturated rings. The maximum Gasteiger partial charge on any atom is 0.319 e. The lowest BCUT2D eigenvalue weighted by molar-refractivity contribution is 0.0671. The lowest BCUT2D eigenvalue weighted by Crippen LogP contribution is -2.47. The van der Waals surface area contributed by atoms with Gasteiger partial charge in [-0.15, -0.1) is 24.0 Å². The number of rotatable bonds is 7. The van der Waals surface area contributed by atoms with E-state index in [1.54, 1.807) is 7.11 Å². The minimum absolute atomic E-state index is 0. The second kappa shape index (κ2) is 10.6. The fraction of sp³-hybridized carbons (Fsp3) is 0.625. The summed E-state index contributed by atoms with van der Waals surface area (Å²) < 4.78 is 33.6. The number of guanidine groups is 1. The number of aryl methyl sites for hydroxylation is 1. The lowest BCUT2D eigenvalue weighted by atomic mass is 10.1. The van der Waals surface area contributed by atoms with Gasteiger partial charge in [-0.2, -0.15) is 13.9 Å². The normalized spacial score (nSPS) is 16.6. The molecule has 0 saturated heterocycles. The summed E-state index contributed by atoms with van der Waals surface area (Å²) in [6, 6.07) is 0.113. The molecule has 156 valence electrons. The van der Waals surface area contributed by atoms with Crippen molar-refractivity contribution in [1.82, 2.24) is 34.9 Å². The Kier molecular flexibility index (Phi) is 8.54. The monoisotopic (exact) mass is 510 g/mol. The Hall–Kier alpha value is -1.83. The molecule has 1 aliphatic heterocycles. The highest BCUT2D eigenvalue weighted by Gasteiger charge is 2.22. The highest BCUT2D eigenvalue weighted by molar-refractivity contribution is 14.0. The number of halogens is 3. The van der Waals surface area contributed by atoms with E-state index in [1.807, 2.05) is 11.6 Å². The van der Waals surface area contributed by atoms with Crippen LogP contribution in [0, 0.1) is 0 Å². The summed E-state index contributed by atoms with van der Waals surface area (Å²) in [5, 5.41) is 10.9. The number of fused-ring (bicyclic) bond motifs is 1. The van der Waals surface area contributed by atoms with E-state index in [9.17, 15) is 8.78 Å². The third kappa shape index (κ3) is 5.59. The molecule has 3 rings (SSSR count). The number of hydrogen-bond donors (Lipinski definition) is 2. The summed E-state index contributed by atoms with van der Waals surface area (Å²) in [6.07, 6.45) is 4.27. The molecule has 12 heteroatoms. The summed E-state index contributed by atoms with van der Waals surface area (Å²) >= 11 is 0. The summed E-state index contributed by atoms with van der Waals surface area (Å²) in [4.78, 5) is 12.8. The van der Waals surface area contributed by atoms with Gasteiger partial charge in [-0.3, -0.25) is 4.57 Å². The van der Waals surface area contributed by atoms with Gasteiger partial charge in [0.2, 0.25) is 0 Å². The Bertz CT molecular complexity index is 779. The highest BCUT2D eigenvalue weighted by atomic mass is 127. The first-order valence-electron chi connectivity index (χ1n) is 8.87. The van der Waals surface area contributed by atoms with Crippen molar-refractivity contribution in [2.75, 3.05) is 13.7 Å². The number of hydrogen-bond acceptors (Lipinski definition) is 5. The molecule has 2 N–H and O–H groups in total. The predicted octanol–water partition coefficient (Wildman–Crippen LogP) is 1.70. The number of nitrogens with zero attached hydrogens (tertiary/aromatic N) is 6. The van der Waals surface area contributed by atoms with Crippen molar-refractivity contribution < 1.29 is 13.5 Å². The minimum Gasteiger partial charge on any atom is -0.377 e. The van der Waals surface area contributed by atoms with Crippen LogP contribution in [0.1, 0.15) is 37.4 Å². The van der Waals surface area contributed by atoms with Crippen molar-refractivity contribution in [2.45, 2.75) is 52.1 Å². The van der Waals surface area contributed by atoms with Crippen LogP contribution in [0.25, 0.3) is 0 Å². The van der Waals surface area contributed by atoms with Gasteiger partial charge in [0, 0.05) is 38.5 Å². The Labute approximate surface area is 179 Å². The molecule has 2 aromatic rings. The van der Waals surface area contributed by atoms with Crippen molar-refractivity contribution in [2.24, 2.45) is 4.99 Å². The van der Waals surface area contributed by atoms with E-state index in [2.05, 4.69) is 30.7 Å². The maximum absolute atomic E-state index is 12.9. The Morgan fingerprint density at radius 2 is 2.29 bits per heavy atom. The van der Waals surface area contributed by atoms with Crippen molar-refractivity contribution >= 4 is 29.9 Å². The molecule has 1 unspecified atom stereocenters. The molecule has 0 aromatic carbocycles. The van der Waals surface area contributed by atoms with Crippen molar-refractivity contribution in [3.63, 3.8) is 0 Å². The molecule has 1 aliphatic rings. The lowest BCUT2D eigenvalue weighted by Gasteiger charge is -2.25. The summed E-state index contributed by atoms with van der Waals surface area (Å²) in [5.74, 6) is 2.40. The summed E-state index contributed by atoms with van der Waals surface area (Å²) in [6.45, 7) is 1.09. The SMILES string of the molecule is CCNC(=NCc1nccn1C(F)F)NC1CCc2nc(COC)nn2C1.I. The van der Waals surface area contributed by atoms with Crippen molar-refractivity contribution in [1.29, 1.82) is 0 Å². The van der Waals surface area contributed by atoms with Crippen LogP contribution >= 0.6 is 24.0 Å². The van der Waals surface area contributed by atoms with E-state index in [1.165, 1.54) is 12.4 Å². The minimum atomic E-state index is -2.63. The molecule has 28 heavy (non-hydrogen) atoms. The van der Waals surface area contributed by atoms with E-state index in [0.29, 0.717) is 31.5 Å². The first-order chi connectivity index (χ1) is 13.1. The second-order valence-corrected chi connectivity index (χ2v) is 6.16. The van der Waals surface area contributed by atoms with E-state index in [0.717, 1.165) is 23.2 Å². The fourth-order valence-corrected chi connectivity index (χ4v) is 2.98. The van der Waals surface area contributed by atoms with Gasteiger partial charge in [-0.25, -0.2) is 19.6 Å². The van der Waals surface area contributed by atoms with Crippen LogP contribution in [0.15, 0.2) is 17.4 Å². The van der Waals surface area contributed by atoms with E-state index < -0.39 is 6.55 Å². The quantitative estimate of drug-likeness (QED) is 0.335. The highest BCUT2D eigenvalue weighted by Crippen LogP contribution is 2.14. The number of methoxy groups -OCH3 is 1. The molecule has 3 heterocycles. The zero-order valence-electron chi connectivity index (χ0n) is 15.8. The largest absolute Gasteiger partial charge is 0.377 e. The number of aliphatic imine (C=N–C) groups is 1. The molecule has 0 saturated carbocycles. The molecule has 0 spiro atoms. The molecule has 9 nitrogen and oxygen atoms in total. The van der Waals surface area contributed by atoms with Gasteiger partial charge in [-0.05, 0) is 13.3 Å². The zero-order valence-corrected chi connectivity index (χ0v) is 18.1. The van der Waals surface area contributed by atoms with E-state index in [4.69, 9.17) is 4.74 Å². The van der Waals surface area contributed by atoms with Crippen LogP contribution in [-0.4, -0.2) is 50.0 Å². The Morgan fingerprint density at radius 3 is 3.00 bits per heavy atom. The molecular weight excluding hydrogens is 485 g/mol. The van der Waals surface area contributed by atoms with Gasteiger partial charge in [0.25, 0.3) is 0 Å². The van der Waals surface area contributed by atoms with Crippen LogP contribution in [0.3, 0.4) is 0 Å². The standard InChI is InChI=1S/C16H24F2N8O.HI/c1-3-19-16(21-8-14-20-6-7-25(14)15(17)18)22-11-4-5-13-23-12(10-27-2)24-26(13)9-11;/h6-7,11,15H,3-5,8-10H2,1-2H3,(H2,19,21,22);1H. The molecule has 2 aromatic heterocycles. The third-order valence-corrected chi connectivity index (χ3v) is 4.20. The predicted molar refractivity (Wildman–Crippen MR) is 110 cm³/mol. The van der Waals surface area contributed by atoms with Crippen molar-refractivity contribution in [3.8, 4) is 0 Å². The number of aromatic nitrogens is 5. The van der Waals surface area contributed by atoms with Gasteiger partial charge < -0.3 is 15.4 Å². The Balaban J connectivity index is 0.00000280. The Morgan fingerprint density at radius 1 is 1.46 bits per heavy atom. The number of ether oxygens (including phenoxy) is 1. The van der Waals surface area contributed by atoms with Gasteiger partial charge in [0.1, 0.15) is 24.8 Å². The molecule has 0 amide bonds. The van der Waals surface area contributed by atoms with Crippen molar-refractivity contribution in [3.05, 3.63) is 29.9 Å². The van der Waals surface area contributed by atoms with Crippen LogP contribution in [0.4, 0.5) is 8.78 Å². The van der Waals surface area contributed by atoms with Crippen LogP contribution in [0.2, 0.25) is 0 Å². The average molecular weight is 510 g/mol. The molecule has 0 radical (unpaired) electrons. The molecular formula is C16H25F2IN8O. The first kappa shape index (κ1) is 22.5. The topological polar surface area (TPSA) is 94.2 Å². The van der Waals surface area contributed by atoms with E-state index >= 15 is 0 Å². The summed E-state index contributed by atoms with van der Waals surface area (Å²) in [7, 11) is 1.61. The number of nitrogens with one attached hydrogen (secondary N) is 2. The number of alkyl halides is 2. The smallest absolute Gasteiger partial charge is 0.319 e. The van der Waals surface area contributed by atoms with Gasteiger partial charge >= 0.3 is 6.55 Å². The first-order valence-corrected chi connectivity index (χ1v) is 8.87. The van der Waals surface area contributed by atoms with Gasteiger partial charge in [-0.1, -0.05) is 0 Å². The fourth-order valence-electron chi connectivity index (χ4n) is 2.98. The van der Waals surface area contributed by atoms with Crippen LogP contribution < -0.4 is 10.6 Å². The molecule has 1 atom stereocenters. The van der Waals surface area contributed by atoms with Gasteiger partial charge in [0.05, 0.1) is 6.54 Å². The van der Waals surface area contributed by atoms with Crippen LogP contribution in [0.5, 0.6) is 0 Å². The third-order valence-electron chi connectivity index (χ3n) is 4.20. The molecule has 0 aliphatic carbocycles. The zero-order chi connectivity index (χ0) is 19.2. The average Bonchev–Trinajstić information content (AvgIpc) is 3.26. The maximum atomic E-state index is 12.9. The number of imidazole rings is 1. The van der Waals surface area contributed by atoms with Gasteiger partial charge in [0.15, 0.2) is 11.8 Å². The second-order valence-electron chi connectivity index (χ2n) is 6.16. The van der Waals surface area contributed by atoms with E-state index in [-0.39, 0.29) is 42.4 Å². The van der Waals surface area contributed by atoms with Crippen LogP contribution in [-0.2, 0) is 30.9 Å².